The molecule has 412 valence electrons. The number of carbonyl (C=O) groups is 2. The van der Waals surface area contributed by atoms with Gasteiger partial charge in [-0.1, -0.05) is 5.16 Å². The third-order valence-corrected chi connectivity index (χ3v) is 15.2. The van der Waals surface area contributed by atoms with Crippen molar-refractivity contribution in [2.45, 2.75) is 87.7 Å². The van der Waals surface area contributed by atoms with Gasteiger partial charge in [-0.25, -0.2) is 21.6 Å². The van der Waals surface area contributed by atoms with Crippen molar-refractivity contribution < 1.29 is 40.4 Å². The fourth-order valence-electron chi connectivity index (χ4n) is 6.93. The Kier molecular flexibility index (Phi) is 24.2. The van der Waals surface area contributed by atoms with E-state index < -0.39 is 20.0 Å². The fourth-order valence-corrected chi connectivity index (χ4v) is 9.93. The average molecular weight is 1120 g/mol. The van der Waals surface area contributed by atoms with Gasteiger partial charge in [0, 0.05) is 93.0 Å². The van der Waals surface area contributed by atoms with Crippen LogP contribution in [0.1, 0.15) is 94.1 Å². The van der Waals surface area contributed by atoms with Crippen molar-refractivity contribution in [3.05, 3.63) is 133 Å². The number of hydrogen-bond acceptors (Lipinski definition) is 17. The number of aryl methyl sites for hydroxylation is 10. The van der Waals surface area contributed by atoms with E-state index in [1.807, 2.05) is 99.3 Å². The maximum Gasteiger partial charge on any atom is 0.348 e. The van der Waals surface area contributed by atoms with Crippen LogP contribution in [-0.2, 0) is 36.6 Å². The molecular weight excluding hydrogens is 1040 g/mol. The van der Waals surface area contributed by atoms with Crippen LogP contribution in [0.25, 0.3) is 0 Å². The zero-order valence-electron chi connectivity index (χ0n) is 45.4. The molecule has 0 spiro atoms. The monoisotopic (exact) mass is 1110 g/mol. The predicted octanol–water partition coefficient (Wildman–Crippen LogP) is 6.82. The second kappa shape index (κ2) is 29.5. The summed E-state index contributed by atoms with van der Waals surface area (Å²) in [6.45, 7) is 25.4. The molecule has 75 heavy (non-hydrogen) atoms. The highest BCUT2D eigenvalue weighted by Crippen LogP contribution is 2.20. The molecule has 21 nitrogen and oxygen atoms in total. The normalized spacial score (nSPS) is 15.3. The number of ether oxygens (including phenoxy) is 2. The Morgan fingerprint density at radius 1 is 0.720 bits per heavy atom. The summed E-state index contributed by atoms with van der Waals surface area (Å²) in [6.07, 6.45) is 14.3. The Morgan fingerprint density at radius 3 is 1.60 bits per heavy atom. The fraction of sp³-hybridized carbons (Fsp3) is 0.500. The van der Waals surface area contributed by atoms with E-state index in [9.17, 15) is 26.4 Å². The zero-order chi connectivity index (χ0) is 55.5. The highest BCUT2D eigenvalue weighted by Gasteiger charge is 2.27. The quantitative estimate of drug-likeness (QED) is 0.161. The molecule has 3 aliphatic rings. The summed E-state index contributed by atoms with van der Waals surface area (Å²) in [7, 11) is -4.37. The Bertz CT molecular complexity index is 3020. The summed E-state index contributed by atoms with van der Waals surface area (Å²) in [5.41, 5.74) is 6.54. The summed E-state index contributed by atoms with van der Waals surface area (Å²) in [6, 6.07) is 12.5. The smallest absolute Gasteiger partial charge is 0.348 e. The minimum atomic E-state index is -3.18. The Labute approximate surface area is 449 Å². The molecule has 7 aromatic heterocycles. The summed E-state index contributed by atoms with van der Waals surface area (Å²) in [5, 5.41) is 23.0. The van der Waals surface area contributed by atoms with Crippen molar-refractivity contribution in [2.75, 3.05) is 71.6 Å². The molecule has 1 N–H and O–H groups in total. The number of sulfonamides is 1. The summed E-state index contributed by atoms with van der Waals surface area (Å²) < 4.78 is 67.3. The second-order valence-corrected chi connectivity index (χ2v) is 24.5. The van der Waals surface area contributed by atoms with Gasteiger partial charge in [-0.15, -0.1) is 22.7 Å². The van der Waals surface area contributed by atoms with Crippen LogP contribution in [0.2, 0.25) is 0 Å². The number of carbonyl (C=O) groups excluding carboxylic acids is 2. The van der Waals surface area contributed by atoms with Crippen LogP contribution in [0.4, 0.5) is 0 Å². The molecule has 3 saturated heterocycles. The van der Waals surface area contributed by atoms with Crippen LogP contribution in [0, 0.1) is 62.3 Å². The largest absolute Gasteiger partial charge is 0.462 e. The summed E-state index contributed by atoms with van der Waals surface area (Å²) in [4.78, 5) is 28.5. The van der Waals surface area contributed by atoms with E-state index in [0.717, 1.165) is 80.4 Å². The molecule has 10 rings (SSSR count). The molecule has 1 amide bonds. The lowest BCUT2D eigenvalue weighted by Gasteiger charge is -2.32. The molecule has 7 aromatic rings. The molecule has 3 aliphatic heterocycles. The SMILES string of the molecule is CCOC(=O)c1ccc(C)s1.Cc1cc(C)n(C)n1.Cc1cc(C)on1.Cc1ccc(C(=O)N2CCN(S(C)(=O)=O)CC2)s1.Cc1cnn(C2CCOC2)c1.Cc1cnn(C2CNC2)c1.Cc1cnn(S(C)(=O)=O)c1. The van der Waals surface area contributed by atoms with Crippen molar-refractivity contribution in [3.63, 3.8) is 0 Å². The average Bonchev–Trinajstić information content (AvgIpc) is 4.19. The molecule has 25 heteroatoms. The predicted molar refractivity (Wildman–Crippen MR) is 293 cm³/mol. The minimum Gasteiger partial charge on any atom is -0.462 e. The third kappa shape index (κ3) is 21.4. The summed E-state index contributed by atoms with van der Waals surface area (Å²) >= 11 is 2.93. The first kappa shape index (κ1) is 61.7. The number of nitrogens with one attached hydrogen (secondary N) is 1. The highest BCUT2D eigenvalue weighted by molar-refractivity contribution is 7.89. The maximum atomic E-state index is 12.1. The zero-order valence-corrected chi connectivity index (χ0v) is 48.6. The molecule has 0 radical (unpaired) electrons. The number of piperazine rings is 1. The van der Waals surface area contributed by atoms with Gasteiger partial charge >= 0.3 is 5.97 Å². The number of hydrogen-bond donors (Lipinski definition) is 1. The van der Waals surface area contributed by atoms with Crippen LogP contribution in [0.15, 0.2) is 78.1 Å². The molecule has 0 bridgehead atoms. The van der Waals surface area contributed by atoms with Crippen molar-refractivity contribution >= 4 is 54.6 Å². The Balaban J connectivity index is 0.000000193. The first-order chi connectivity index (χ1) is 35.3. The van der Waals surface area contributed by atoms with Crippen molar-refractivity contribution in [3.8, 4) is 0 Å². The van der Waals surface area contributed by atoms with Crippen LogP contribution < -0.4 is 5.32 Å². The van der Waals surface area contributed by atoms with E-state index in [-0.39, 0.29) is 11.9 Å². The number of aromatic nitrogens is 9. The van der Waals surface area contributed by atoms with Crippen molar-refractivity contribution in [2.24, 2.45) is 7.05 Å². The number of rotatable bonds is 7. The molecule has 10 heterocycles. The number of thiophene rings is 2. The van der Waals surface area contributed by atoms with Gasteiger partial charge < -0.3 is 24.2 Å². The van der Waals surface area contributed by atoms with Gasteiger partial charge in [-0.2, -0.15) is 28.8 Å². The Hall–Kier alpha value is -5.83. The van der Waals surface area contributed by atoms with E-state index >= 15 is 0 Å². The molecule has 0 aliphatic carbocycles. The van der Waals surface area contributed by atoms with E-state index in [0.29, 0.717) is 49.7 Å². The molecule has 0 saturated carbocycles. The van der Waals surface area contributed by atoms with Crippen LogP contribution in [0.5, 0.6) is 0 Å². The van der Waals surface area contributed by atoms with E-state index in [4.69, 9.17) is 14.0 Å². The molecular formula is C50H74N12O9S4. The maximum absolute atomic E-state index is 12.1. The first-order valence-corrected chi connectivity index (χ1v) is 29.6. The molecule has 3 fully saturated rings. The number of esters is 1. The standard InChI is InChI=1S/C11H16N2O3S2.C8H12N2O.C8H10O2S.C7H11N3.C6H10N2.C5H8N2O2S.C5H7NO/c1-9-3-4-10(17-9)11(14)12-5-7-13(8-6-12)18(2,15)16;1-7-4-9-10(5-7)8-2-3-11-6-8;1-3-10-8(9)7-5-4-6(2)11-7;1-6-2-9-10(5-6)7-3-8-4-7;1-5-4-6(2)8(3)7-5;1-5-3-6-7(4-5)10(2,8)9;1-4-3-5(2)7-6-4/h3-4H,5-8H2,1-2H3;4-5,8H,2-3,6H2,1H3;4-5H,3H2,1-2H3;2,5,7-8H,3-4H2,1H3;4H,1-3H3;3-4H,1-2H3;3H,1-2H3. The van der Waals surface area contributed by atoms with Crippen LogP contribution in [-0.4, -0.2) is 153 Å². The number of nitrogens with zero attached hydrogens (tertiary/aromatic N) is 11. The minimum absolute atomic E-state index is 0.00116. The van der Waals surface area contributed by atoms with Crippen LogP contribution >= 0.6 is 22.7 Å². The van der Waals surface area contributed by atoms with Crippen molar-refractivity contribution in [1.29, 1.82) is 0 Å². The van der Waals surface area contributed by atoms with Gasteiger partial charge in [0.25, 0.3) is 15.9 Å². The van der Waals surface area contributed by atoms with Gasteiger partial charge in [0.2, 0.25) is 10.0 Å². The van der Waals surface area contributed by atoms with Gasteiger partial charge in [0.1, 0.15) is 10.6 Å². The lowest BCUT2D eigenvalue weighted by atomic mass is 10.2. The van der Waals surface area contributed by atoms with E-state index in [2.05, 4.69) is 63.2 Å². The lowest BCUT2D eigenvalue weighted by molar-refractivity contribution is 0.0531. The van der Waals surface area contributed by atoms with Gasteiger partial charge in [-0.05, 0) is 123 Å². The van der Waals surface area contributed by atoms with E-state index in [1.54, 1.807) is 24.8 Å². The Morgan fingerprint density at radius 2 is 1.28 bits per heavy atom. The van der Waals surface area contributed by atoms with Gasteiger partial charge in [0.15, 0.2) is 0 Å². The lowest BCUT2D eigenvalue weighted by Crippen LogP contribution is -2.50. The topological polar surface area (TPSA) is 237 Å². The molecule has 0 aromatic carbocycles. The van der Waals surface area contributed by atoms with Crippen LogP contribution in [0.3, 0.4) is 0 Å². The number of amides is 1. The highest BCUT2D eigenvalue weighted by atomic mass is 32.2. The second-order valence-electron chi connectivity index (χ2n) is 18.1. The first-order valence-electron chi connectivity index (χ1n) is 24.3. The van der Waals surface area contributed by atoms with E-state index in [1.165, 1.54) is 62.4 Å². The van der Waals surface area contributed by atoms with Gasteiger partial charge in [-0.3, -0.25) is 18.8 Å². The van der Waals surface area contributed by atoms with Crippen molar-refractivity contribution in [1.82, 2.24) is 58.2 Å². The molecule has 1 unspecified atom stereocenters. The molecule has 1 atom stereocenters. The summed E-state index contributed by atoms with van der Waals surface area (Å²) in [5.74, 6) is 0.657. The van der Waals surface area contributed by atoms with Gasteiger partial charge in [0.05, 0.1) is 72.7 Å². The third-order valence-electron chi connectivity index (χ3n) is 11.0.